The Labute approximate surface area is 174 Å². The molecule has 0 amide bonds. The second-order valence-electron chi connectivity index (χ2n) is 5.74. The summed E-state index contributed by atoms with van der Waals surface area (Å²) in [5.41, 5.74) is 0.283. The molecule has 0 radical (unpaired) electrons. The molecule has 0 aromatic heterocycles. The quantitative estimate of drug-likeness (QED) is 0.453. The van der Waals surface area contributed by atoms with Crippen LogP contribution in [0.5, 0.6) is 0 Å². The van der Waals surface area contributed by atoms with Gasteiger partial charge in [0.25, 0.3) is 0 Å². The second-order valence-corrected chi connectivity index (χ2v) is 8.52. The lowest BCUT2D eigenvalue weighted by atomic mass is 10.1. The highest BCUT2D eigenvalue weighted by atomic mass is 35.5. The van der Waals surface area contributed by atoms with Gasteiger partial charge < -0.3 is 4.74 Å². The van der Waals surface area contributed by atoms with Crippen LogP contribution in [0.25, 0.3) is 0 Å². The molecule has 9 heteroatoms. The molecule has 2 aromatic carbocycles. The van der Waals surface area contributed by atoms with Crippen molar-refractivity contribution < 1.29 is 22.7 Å². The predicted octanol–water partition coefficient (Wildman–Crippen LogP) is 4.06. The van der Waals surface area contributed by atoms with Crippen molar-refractivity contribution in [3.8, 4) is 0 Å². The summed E-state index contributed by atoms with van der Waals surface area (Å²) in [7, 11) is -3.61. The summed E-state index contributed by atoms with van der Waals surface area (Å²) < 4.78 is 31.2. The molecular weight excluding hydrogens is 425 g/mol. The van der Waals surface area contributed by atoms with Crippen LogP contribution >= 0.6 is 23.2 Å². The maximum Gasteiger partial charge on any atom is 0.338 e. The first-order valence-electron chi connectivity index (χ1n) is 8.46. The summed E-state index contributed by atoms with van der Waals surface area (Å²) >= 11 is 11.8. The zero-order chi connectivity index (χ0) is 20.9. The smallest absolute Gasteiger partial charge is 0.338 e. The summed E-state index contributed by atoms with van der Waals surface area (Å²) in [5.74, 6) is -1.25. The molecule has 0 N–H and O–H groups in total. The number of ketones is 1. The van der Waals surface area contributed by atoms with Crippen LogP contribution in [0.15, 0.2) is 47.4 Å². The lowest BCUT2D eigenvalue weighted by molar-refractivity contribution is 0.0474. The molecule has 0 unspecified atom stereocenters. The van der Waals surface area contributed by atoms with Crippen LogP contribution in [0.1, 0.15) is 34.6 Å². The third-order valence-corrected chi connectivity index (χ3v) is 6.63. The first kappa shape index (κ1) is 22.4. The molecule has 0 aliphatic rings. The fraction of sp³-hybridized carbons (Fsp3) is 0.263. The molecule has 2 aromatic rings. The van der Waals surface area contributed by atoms with Gasteiger partial charge in [0.1, 0.15) is 0 Å². The minimum Gasteiger partial charge on any atom is -0.454 e. The maximum atomic E-state index is 12.4. The van der Waals surface area contributed by atoms with Gasteiger partial charge in [0, 0.05) is 23.7 Å². The number of hydrogen-bond acceptors (Lipinski definition) is 5. The van der Waals surface area contributed by atoms with E-state index < -0.39 is 28.4 Å². The Morgan fingerprint density at radius 2 is 1.61 bits per heavy atom. The van der Waals surface area contributed by atoms with Gasteiger partial charge in [-0.1, -0.05) is 37.0 Å². The van der Waals surface area contributed by atoms with Crippen molar-refractivity contribution in [1.29, 1.82) is 0 Å². The number of Topliss-reactive ketones (excluding diaryl/α,β-unsaturated/α-hetero) is 1. The molecule has 0 spiro atoms. The molecule has 0 atom stereocenters. The van der Waals surface area contributed by atoms with Gasteiger partial charge in [0.2, 0.25) is 15.8 Å². The first-order valence-corrected chi connectivity index (χ1v) is 10.7. The monoisotopic (exact) mass is 443 g/mol. The topological polar surface area (TPSA) is 80.8 Å². The Balaban J connectivity index is 2.07. The van der Waals surface area contributed by atoms with Crippen molar-refractivity contribution in [1.82, 2.24) is 4.31 Å². The van der Waals surface area contributed by atoms with Crippen LogP contribution in [-0.4, -0.2) is 44.2 Å². The van der Waals surface area contributed by atoms with Crippen LogP contribution in [-0.2, 0) is 14.8 Å². The second kappa shape index (κ2) is 9.52. The third kappa shape index (κ3) is 5.11. The Kier molecular flexibility index (Phi) is 7.60. The van der Waals surface area contributed by atoms with Crippen molar-refractivity contribution in [3.63, 3.8) is 0 Å². The van der Waals surface area contributed by atoms with Crippen molar-refractivity contribution in [2.45, 2.75) is 18.7 Å². The normalized spacial score (nSPS) is 11.5. The number of esters is 1. The van der Waals surface area contributed by atoms with Crippen LogP contribution in [0.4, 0.5) is 0 Å². The van der Waals surface area contributed by atoms with Crippen molar-refractivity contribution in [2.75, 3.05) is 19.7 Å². The lowest BCUT2D eigenvalue weighted by Gasteiger charge is -2.18. The van der Waals surface area contributed by atoms with E-state index in [0.717, 1.165) is 0 Å². The van der Waals surface area contributed by atoms with Gasteiger partial charge in [-0.2, -0.15) is 4.31 Å². The zero-order valence-electron chi connectivity index (χ0n) is 15.3. The molecule has 28 heavy (non-hydrogen) atoms. The molecular formula is C19H19Cl2NO5S. The standard InChI is InChI=1S/C19H19Cl2NO5S/c1-3-22(4-2)28(25,26)15-8-5-13(6-9-15)19(24)27-12-18(23)16-11-14(20)7-10-17(16)21/h5-11H,3-4,12H2,1-2H3. The minimum atomic E-state index is -3.61. The summed E-state index contributed by atoms with van der Waals surface area (Å²) in [4.78, 5) is 24.4. The molecule has 0 bridgehead atoms. The van der Waals surface area contributed by atoms with Gasteiger partial charge in [-0.15, -0.1) is 0 Å². The Morgan fingerprint density at radius 1 is 1.00 bits per heavy atom. The van der Waals surface area contributed by atoms with E-state index in [-0.39, 0.29) is 21.0 Å². The van der Waals surface area contributed by atoms with E-state index in [4.69, 9.17) is 27.9 Å². The molecule has 0 saturated heterocycles. The summed E-state index contributed by atoms with van der Waals surface area (Å²) in [6.45, 7) is 3.66. The molecule has 0 saturated carbocycles. The number of nitrogens with zero attached hydrogens (tertiary/aromatic N) is 1. The molecule has 6 nitrogen and oxygen atoms in total. The SMILES string of the molecule is CCN(CC)S(=O)(=O)c1ccc(C(=O)OCC(=O)c2cc(Cl)ccc2Cl)cc1. The third-order valence-electron chi connectivity index (χ3n) is 4.00. The van der Waals surface area contributed by atoms with Gasteiger partial charge in [-0.05, 0) is 42.5 Å². The van der Waals surface area contributed by atoms with Crippen LogP contribution < -0.4 is 0 Å². The highest BCUT2D eigenvalue weighted by Gasteiger charge is 2.22. The summed E-state index contributed by atoms with van der Waals surface area (Å²) in [6, 6.07) is 9.77. The van der Waals surface area contributed by atoms with E-state index >= 15 is 0 Å². The first-order chi connectivity index (χ1) is 13.2. The number of sulfonamides is 1. The number of halogens is 2. The number of ether oxygens (including phenoxy) is 1. The lowest BCUT2D eigenvalue weighted by Crippen LogP contribution is -2.30. The molecule has 0 aliphatic carbocycles. The highest BCUT2D eigenvalue weighted by molar-refractivity contribution is 7.89. The van der Waals surface area contributed by atoms with Crippen LogP contribution in [0, 0.1) is 0 Å². The van der Waals surface area contributed by atoms with Crippen LogP contribution in [0.3, 0.4) is 0 Å². The Morgan fingerprint density at radius 3 is 2.18 bits per heavy atom. The summed E-state index contributed by atoms with van der Waals surface area (Å²) in [5, 5.41) is 0.542. The van der Waals surface area contributed by atoms with E-state index in [1.165, 1.54) is 40.7 Å². The zero-order valence-corrected chi connectivity index (χ0v) is 17.6. The number of hydrogen-bond donors (Lipinski definition) is 0. The molecule has 150 valence electrons. The predicted molar refractivity (Wildman–Crippen MR) is 108 cm³/mol. The maximum absolute atomic E-state index is 12.4. The van der Waals surface area contributed by atoms with Crippen LogP contribution in [0.2, 0.25) is 10.0 Å². The fourth-order valence-corrected chi connectivity index (χ4v) is 4.33. The molecule has 2 rings (SSSR count). The minimum absolute atomic E-state index is 0.0783. The average Bonchev–Trinajstić information content (AvgIpc) is 2.68. The van der Waals surface area contributed by atoms with Gasteiger partial charge in [-0.3, -0.25) is 4.79 Å². The molecule has 0 heterocycles. The van der Waals surface area contributed by atoms with E-state index in [2.05, 4.69) is 0 Å². The van der Waals surface area contributed by atoms with Gasteiger partial charge in [0.15, 0.2) is 6.61 Å². The number of carbonyl (C=O) groups is 2. The summed E-state index contributed by atoms with van der Waals surface area (Å²) in [6.07, 6.45) is 0. The Bertz CT molecular complexity index is 970. The number of benzene rings is 2. The highest BCUT2D eigenvalue weighted by Crippen LogP contribution is 2.21. The number of carbonyl (C=O) groups excluding carboxylic acids is 2. The van der Waals surface area contributed by atoms with Crippen molar-refractivity contribution >= 4 is 45.0 Å². The van der Waals surface area contributed by atoms with Crippen molar-refractivity contribution in [3.05, 3.63) is 63.6 Å². The van der Waals surface area contributed by atoms with Gasteiger partial charge in [0.05, 0.1) is 15.5 Å². The van der Waals surface area contributed by atoms with Gasteiger partial charge in [-0.25, -0.2) is 13.2 Å². The van der Waals surface area contributed by atoms with E-state index in [1.54, 1.807) is 19.9 Å². The van der Waals surface area contributed by atoms with E-state index in [0.29, 0.717) is 18.1 Å². The molecule has 0 aliphatic heterocycles. The number of rotatable bonds is 8. The van der Waals surface area contributed by atoms with E-state index in [9.17, 15) is 18.0 Å². The fourth-order valence-electron chi connectivity index (χ4n) is 2.48. The van der Waals surface area contributed by atoms with E-state index in [1.807, 2.05) is 0 Å². The van der Waals surface area contributed by atoms with Gasteiger partial charge >= 0.3 is 5.97 Å². The van der Waals surface area contributed by atoms with Crippen molar-refractivity contribution in [2.24, 2.45) is 0 Å². The molecule has 0 fully saturated rings. The Hall–Kier alpha value is -1.93. The average molecular weight is 444 g/mol. The largest absolute Gasteiger partial charge is 0.454 e.